The van der Waals surface area contributed by atoms with Gasteiger partial charge in [-0.05, 0) is 42.0 Å². The highest BCUT2D eigenvalue weighted by Gasteiger charge is 2.34. The van der Waals surface area contributed by atoms with E-state index in [-0.39, 0.29) is 6.26 Å². The van der Waals surface area contributed by atoms with Gasteiger partial charge in [0.05, 0.1) is 11.4 Å². The van der Waals surface area contributed by atoms with Crippen LogP contribution in [0.5, 0.6) is 0 Å². The molecule has 0 amide bonds. The number of allylic oxidation sites excluding steroid dienone is 2. The molecule has 0 saturated heterocycles. The Balaban J connectivity index is 1.88. The van der Waals surface area contributed by atoms with E-state index in [4.69, 9.17) is 16.5 Å². The topological polar surface area (TPSA) is 28.5 Å². The Morgan fingerprint density at radius 1 is 1.05 bits per heavy atom. The number of fused-ring (bicyclic) bond motifs is 2. The van der Waals surface area contributed by atoms with Crippen LogP contribution in [0.2, 0.25) is 0 Å². The molecule has 0 unspecified atom stereocenters. The fourth-order valence-corrected chi connectivity index (χ4v) is 2.94. The molecule has 21 heavy (non-hydrogen) atoms. The van der Waals surface area contributed by atoms with Crippen molar-refractivity contribution >= 4 is 40.3 Å². The van der Waals surface area contributed by atoms with Crippen LogP contribution in [0.3, 0.4) is 0 Å². The monoisotopic (exact) mass is 291 g/mol. The second-order valence-corrected chi connectivity index (χ2v) is 5.29. The molecule has 0 saturated carbocycles. The maximum atomic E-state index is 6.62. The minimum atomic E-state index is -0.252. The van der Waals surface area contributed by atoms with Crippen LogP contribution in [0.15, 0.2) is 72.0 Å². The molecular formula is C16H11BClN3. The molecule has 2 aliphatic rings. The molecule has 0 aliphatic carbocycles. The van der Waals surface area contributed by atoms with Gasteiger partial charge in [-0.15, -0.1) is 0 Å². The molecule has 3 heterocycles. The highest BCUT2D eigenvalue weighted by Crippen LogP contribution is 2.28. The first-order chi connectivity index (χ1) is 10.3. The Hall–Kier alpha value is -2.33. The van der Waals surface area contributed by atoms with E-state index < -0.39 is 0 Å². The van der Waals surface area contributed by atoms with Gasteiger partial charge < -0.3 is 4.81 Å². The van der Waals surface area contributed by atoms with E-state index in [9.17, 15) is 0 Å². The molecule has 100 valence electrons. The number of aromatic nitrogens is 1. The molecule has 3 nitrogen and oxygen atoms in total. The summed E-state index contributed by atoms with van der Waals surface area (Å²) in [6.07, 6.45) is 7.49. The first-order valence-corrected chi connectivity index (χ1v) is 7.18. The van der Waals surface area contributed by atoms with Gasteiger partial charge in [-0.3, -0.25) is 4.98 Å². The number of halogens is 1. The maximum Gasteiger partial charge on any atom is 0.402 e. The zero-order chi connectivity index (χ0) is 14.2. The molecule has 2 aromatic rings. The van der Waals surface area contributed by atoms with Crippen LogP contribution in [0, 0.1) is 0 Å². The average molecular weight is 292 g/mol. The van der Waals surface area contributed by atoms with Gasteiger partial charge in [-0.1, -0.05) is 24.3 Å². The molecule has 2 aliphatic heterocycles. The number of hydrogen-bond acceptors (Lipinski definition) is 3. The van der Waals surface area contributed by atoms with Crippen molar-refractivity contribution < 1.29 is 0 Å². The first-order valence-electron chi connectivity index (χ1n) is 6.75. The molecule has 4 rings (SSSR count). The largest absolute Gasteiger partial charge is 0.402 e. The fourth-order valence-electron chi connectivity index (χ4n) is 2.59. The second kappa shape index (κ2) is 4.90. The fraction of sp³-hybridized carbons (Fsp3) is 0. The summed E-state index contributed by atoms with van der Waals surface area (Å²) < 4.78 is 0. The smallest absolute Gasteiger partial charge is 0.358 e. The van der Waals surface area contributed by atoms with E-state index in [1.165, 1.54) is 0 Å². The van der Waals surface area contributed by atoms with Crippen LogP contribution in [-0.2, 0) is 0 Å². The average Bonchev–Trinajstić information content (AvgIpc) is 2.56. The van der Waals surface area contributed by atoms with Crippen molar-refractivity contribution in [3.05, 3.63) is 72.7 Å². The number of nitrogens with zero attached hydrogens (tertiary/aromatic N) is 3. The van der Waals surface area contributed by atoms with Gasteiger partial charge >= 0.3 is 6.26 Å². The van der Waals surface area contributed by atoms with Gasteiger partial charge in [-0.2, -0.15) is 11.5 Å². The Morgan fingerprint density at radius 3 is 2.76 bits per heavy atom. The second-order valence-electron chi connectivity index (χ2n) is 4.87. The molecular weight excluding hydrogens is 280 g/mol. The predicted molar refractivity (Wildman–Crippen MR) is 88.0 cm³/mol. The van der Waals surface area contributed by atoms with E-state index in [1.807, 2.05) is 65.6 Å². The summed E-state index contributed by atoms with van der Waals surface area (Å²) in [7, 11) is 0. The van der Waals surface area contributed by atoms with Gasteiger partial charge in [0.15, 0.2) is 0 Å². The molecule has 0 radical (unpaired) electrons. The Labute approximate surface area is 128 Å². The Bertz CT molecular complexity index is 783. The highest BCUT2D eigenvalue weighted by atomic mass is 35.5. The Morgan fingerprint density at radius 2 is 1.90 bits per heavy atom. The third-order valence-electron chi connectivity index (χ3n) is 3.60. The summed E-state index contributed by atoms with van der Waals surface area (Å²) >= 11 is 6.62. The SMILES string of the molecule is ClB1c2ccccc2N=C2C(c3ccccn3)=CC=CN12. The zero-order valence-corrected chi connectivity index (χ0v) is 11.9. The van der Waals surface area contributed by atoms with Crippen LogP contribution < -0.4 is 5.46 Å². The van der Waals surface area contributed by atoms with E-state index in [0.717, 1.165) is 28.3 Å². The van der Waals surface area contributed by atoms with Gasteiger partial charge in [0.2, 0.25) is 0 Å². The summed E-state index contributed by atoms with van der Waals surface area (Å²) in [6, 6.07) is 13.8. The van der Waals surface area contributed by atoms with Crippen molar-refractivity contribution in [2.24, 2.45) is 4.99 Å². The summed E-state index contributed by atoms with van der Waals surface area (Å²) in [6.45, 7) is 0. The van der Waals surface area contributed by atoms with Crippen molar-refractivity contribution in [1.29, 1.82) is 0 Å². The van der Waals surface area contributed by atoms with E-state index in [1.54, 1.807) is 6.20 Å². The van der Waals surface area contributed by atoms with E-state index in [2.05, 4.69) is 4.98 Å². The van der Waals surface area contributed by atoms with Crippen molar-refractivity contribution in [1.82, 2.24) is 9.79 Å². The summed E-state index contributed by atoms with van der Waals surface area (Å²) in [5.74, 6) is 0.843. The van der Waals surface area contributed by atoms with Crippen LogP contribution >= 0.6 is 11.5 Å². The van der Waals surface area contributed by atoms with Crippen molar-refractivity contribution in [2.45, 2.75) is 0 Å². The number of rotatable bonds is 1. The molecule has 0 spiro atoms. The molecule has 0 atom stereocenters. The number of amidine groups is 1. The third kappa shape index (κ3) is 1.99. The van der Waals surface area contributed by atoms with Gasteiger partial charge in [0.1, 0.15) is 5.84 Å². The number of para-hydroxylation sites is 1. The number of hydrogen-bond donors (Lipinski definition) is 0. The predicted octanol–water partition coefficient (Wildman–Crippen LogP) is 2.97. The number of aliphatic imine (C=N–C) groups is 1. The quantitative estimate of drug-likeness (QED) is 0.756. The molecule has 1 aromatic carbocycles. The van der Waals surface area contributed by atoms with Crippen molar-refractivity contribution in [2.75, 3.05) is 0 Å². The third-order valence-corrected chi connectivity index (χ3v) is 4.05. The van der Waals surface area contributed by atoms with Gasteiger partial charge in [-0.25, -0.2) is 4.99 Å². The Kier molecular flexibility index (Phi) is 2.90. The van der Waals surface area contributed by atoms with E-state index in [0.29, 0.717) is 0 Å². The van der Waals surface area contributed by atoms with Crippen LogP contribution in [0.4, 0.5) is 5.69 Å². The molecule has 5 heteroatoms. The normalized spacial score (nSPS) is 16.0. The van der Waals surface area contributed by atoms with Crippen molar-refractivity contribution in [3.63, 3.8) is 0 Å². The number of benzene rings is 1. The van der Waals surface area contributed by atoms with Gasteiger partial charge in [0.25, 0.3) is 0 Å². The lowest BCUT2D eigenvalue weighted by Crippen LogP contribution is -2.48. The number of pyridine rings is 1. The first kappa shape index (κ1) is 12.4. The highest BCUT2D eigenvalue weighted by molar-refractivity contribution is 7.14. The van der Waals surface area contributed by atoms with Crippen LogP contribution in [0.1, 0.15) is 5.69 Å². The lowest BCUT2D eigenvalue weighted by atomic mass is 9.75. The minimum absolute atomic E-state index is 0.252. The summed E-state index contributed by atoms with van der Waals surface area (Å²) in [5.41, 5.74) is 3.82. The van der Waals surface area contributed by atoms with E-state index >= 15 is 0 Å². The van der Waals surface area contributed by atoms with Crippen LogP contribution in [-0.4, -0.2) is 21.9 Å². The maximum absolute atomic E-state index is 6.62. The molecule has 0 bridgehead atoms. The molecule has 1 aromatic heterocycles. The summed E-state index contributed by atoms with van der Waals surface area (Å²) in [5, 5.41) is 0. The minimum Gasteiger partial charge on any atom is -0.358 e. The van der Waals surface area contributed by atoms with Crippen LogP contribution in [0.25, 0.3) is 5.57 Å². The molecule has 0 N–H and O–H groups in total. The summed E-state index contributed by atoms with van der Waals surface area (Å²) in [4.78, 5) is 11.2. The standard InChI is InChI=1S/C16H11BClN3/c18-17-13-7-1-2-9-15(13)20-16-12(6-5-11-21(16)17)14-8-3-4-10-19-14/h1-11H. The van der Waals surface area contributed by atoms with Crippen molar-refractivity contribution in [3.8, 4) is 0 Å². The lowest BCUT2D eigenvalue weighted by Gasteiger charge is -2.33. The zero-order valence-electron chi connectivity index (χ0n) is 11.1. The molecule has 0 fully saturated rings. The lowest BCUT2D eigenvalue weighted by molar-refractivity contribution is 0.874. The van der Waals surface area contributed by atoms with Gasteiger partial charge in [0, 0.05) is 11.8 Å².